The highest BCUT2D eigenvalue weighted by Crippen LogP contribution is 2.11. The van der Waals surface area contributed by atoms with Crippen molar-refractivity contribution in [2.45, 2.75) is 32.7 Å². The number of nitrogens with one attached hydrogen (secondary N) is 1. The maximum atomic E-state index is 10.6. The molecule has 0 bridgehead atoms. The quantitative estimate of drug-likeness (QED) is 0.417. The van der Waals surface area contributed by atoms with Crippen LogP contribution in [0.1, 0.15) is 26.7 Å². The fraction of sp³-hybridized carbons (Fsp3) is 0.421. The summed E-state index contributed by atoms with van der Waals surface area (Å²) in [5, 5.41) is 12.1. The van der Waals surface area contributed by atoms with Crippen LogP contribution in [-0.4, -0.2) is 35.2 Å². The molecule has 0 radical (unpaired) electrons. The molecule has 132 valence electrons. The first-order valence-corrected chi connectivity index (χ1v) is 9.31. The first-order valence-electron chi connectivity index (χ1n) is 8.15. The molecule has 0 fully saturated rings. The van der Waals surface area contributed by atoms with Gasteiger partial charge in [-0.25, -0.2) is 0 Å². The highest BCUT2D eigenvalue weighted by Gasteiger charge is 2.09. The summed E-state index contributed by atoms with van der Waals surface area (Å²) in [5.41, 5.74) is 9.25. The fourth-order valence-corrected chi connectivity index (χ4v) is 2.92. The van der Waals surface area contributed by atoms with Crippen molar-refractivity contribution in [1.82, 2.24) is 0 Å². The number of para-hydroxylation sites is 1. The van der Waals surface area contributed by atoms with Crippen LogP contribution < -0.4 is 11.1 Å². The van der Waals surface area contributed by atoms with Gasteiger partial charge in [-0.1, -0.05) is 41.5 Å². The molecule has 1 atom stereocenters. The molecule has 0 aliphatic heterocycles. The lowest BCUT2D eigenvalue weighted by atomic mass is 10.1. The second-order valence-electron chi connectivity index (χ2n) is 5.84. The maximum Gasteiger partial charge on any atom is 0.321 e. The van der Waals surface area contributed by atoms with Crippen LogP contribution in [0.5, 0.6) is 0 Å². The Labute approximate surface area is 149 Å². The van der Waals surface area contributed by atoms with Gasteiger partial charge < -0.3 is 16.2 Å². The molecule has 24 heavy (non-hydrogen) atoms. The molecule has 4 nitrogen and oxygen atoms in total. The second-order valence-corrected chi connectivity index (χ2v) is 6.92. The van der Waals surface area contributed by atoms with Crippen molar-refractivity contribution in [3.63, 3.8) is 0 Å². The van der Waals surface area contributed by atoms with Crippen LogP contribution in [0.2, 0.25) is 0 Å². The van der Waals surface area contributed by atoms with Gasteiger partial charge >= 0.3 is 5.97 Å². The van der Waals surface area contributed by atoms with Crippen LogP contribution >= 0.6 is 11.8 Å². The average Bonchev–Trinajstić information content (AvgIpc) is 2.57. The Morgan fingerprint density at radius 1 is 1.25 bits per heavy atom. The Balaban J connectivity index is 2.19. The van der Waals surface area contributed by atoms with Crippen LogP contribution in [0, 0.1) is 0 Å². The zero-order chi connectivity index (χ0) is 17.8. The SMILES string of the molecule is C/C(=C\CSCC(N)C(=O)O)CC/C=C(\C)CNc1ccccc1. The highest BCUT2D eigenvalue weighted by atomic mass is 32.2. The molecule has 1 rings (SSSR count). The summed E-state index contributed by atoms with van der Waals surface area (Å²) in [6.45, 7) is 5.11. The van der Waals surface area contributed by atoms with Crippen LogP contribution in [-0.2, 0) is 4.79 Å². The molecule has 1 aromatic rings. The minimum atomic E-state index is -0.937. The minimum absolute atomic E-state index is 0.448. The summed E-state index contributed by atoms with van der Waals surface area (Å²) in [6, 6.07) is 9.42. The molecule has 0 aromatic heterocycles. The van der Waals surface area contributed by atoms with Gasteiger partial charge in [-0.15, -0.1) is 0 Å². The van der Waals surface area contributed by atoms with E-state index in [1.807, 2.05) is 18.2 Å². The Morgan fingerprint density at radius 3 is 2.62 bits per heavy atom. The van der Waals surface area contributed by atoms with Crippen molar-refractivity contribution in [2.24, 2.45) is 5.73 Å². The zero-order valence-corrected chi connectivity index (χ0v) is 15.3. The van der Waals surface area contributed by atoms with Crippen molar-refractivity contribution in [1.29, 1.82) is 0 Å². The number of thioether (sulfide) groups is 1. The first kappa shape index (κ1) is 20.3. The van der Waals surface area contributed by atoms with Gasteiger partial charge in [0.2, 0.25) is 0 Å². The van der Waals surface area contributed by atoms with Gasteiger partial charge in [0.15, 0.2) is 0 Å². The van der Waals surface area contributed by atoms with Crippen molar-refractivity contribution in [3.05, 3.63) is 53.6 Å². The Bertz CT molecular complexity index is 556. The molecule has 0 saturated carbocycles. The van der Waals surface area contributed by atoms with E-state index in [1.165, 1.54) is 11.1 Å². The van der Waals surface area contributed by atoms with Gasteiger partial charge in [0.25, 0.3) is 0 Å². The molecule has 1 unspecified atom stereocenters. The minimum Gasteiger partial charge on any atom is -0.480 e. The number of aliphatic carboxylic acids is 1. The molecule has 0 spiro atoms. The molecule has 0 amide bonds. The third-order valence-electron chi connectivity index (χ3n) is 3.54. The molecule has 0 saturated heterocycles. The Morgan fingerprint density at radius 2 is 1.96 bits per heavy atom. The molecular formula is C19H28N2O2S. The van der Waals surface area contributed by atoms with Gasteiger partial charge in [0.05, 0.1) is 0 Å². The monoisotopic (exact) mass is 348 g/mol. The summed E-state index contributed by atoms with van der Waals surface area (Å²) in [4.78, 5) is 10.6. The van der Waals surface area contributed by atoms with Crippen LogP contribution in [0.15, 0.2) is 53.6 Å². The van der Waals surface area contributed by atoms with E-state index in [-0.39, 0.29) is 0 Å². The van der Waals surface area contributed by atoms with E-state index in [0.717, 1.165) is 30.8 Å². The number of rotatable bonds is 11. The van der Waals surface area contributed by atoms with E-state index in [9.17, 15) is 4.79 Å². The number of hydrogen-bond donors (Lipinski definition) is 3. The summed E-state index contributed by atoms with van der Waals surface area (Å²) in [5.74, 6) is 0.321. The van der Waals surface area contributed by atoms with Crippen molar-refractivity contribution in [3.8, 4) is 0 Å². The Hall–Kier alpha value is -1.72. The smallest absolute Gasteiger partial charge is 0.321 e. The van der Waals surface area contributed by atoms with Crippen LogP contribution in [0.4, 0.5) is 5.69 Å². The first-order chi connectivity index (χ1) is 11.5. The van der Waals surface area contributed by atoms with Crippen LogP contribution in [0.3, 0.4) is 0 Å². The number of carbonyl (C=O) groups is 1. The van der Waals surface area contributed by atoms with Crippen molar-refractivity contribution >= 4 is 23.4 Å². The highest BCUT2D eigenvalue weighted by molar-refractivity contribution is 7.99. The molecule has 4 N–H and O–H groups in total. The van der Waals surface area contributed by atoms with E-state index in [4.69, 9.17) is 10.8 Å². The predicted octanol–water partition coefficient (Wildman–Crippen LogP) is 3.92. The standard InChI is InChI=1S/C19H28N2O2S/c1-15(11-12-24-14-18(20)19(22)23)7-6-8-16(2)13-21-17-9-4-3-5-10-17/h3-5,8-11,18,21H,6-7,12-14,20H2,1-2H3,(H,22,23)/b15-11+,16-8+. The van der Waals surface area contributed by atoms with Crippen LogP contribution in [0.25, 0.3) is 0 Å². The molecule has 0 aliphatic carbocycles. The third-order valence-corrected chi connectivity index (χ3v) is 4.54. The van der Waals surface area contributed by atoms with Gasteiger partial charge in [0.1, 0.15) is 6.04 Å². The van der Waals surface area contributed by atoms with E-state index in [0.29, 0.717) is 5.75 Å². The zero-order valence-electron chi connectivity index (χ0n) is 14.5. The van der Waals surface area contributed by atoms with E-state index in [1.54, 1.807) is 11.8 Å². The fourth-order valence-electron chi connectivity index (χ4n) is 1.99. The largest absolute Gasteiger partial charge is 0.480 e. The second kappa shape index (κ2) is 11.8. The normalized spacial score (nSPS) is 13.6. The number of carboxylic acids is 1. The number of allylic oxidation sites excluding steroid dienone is 2. The Kier molecular flexibility index (Phi) is 9.96. The van der Waals surface area contributed by atoms with Gasteiger partial charge in [-0.05, 0) is 38.8 Å². The van der Waals surface area contributed by atoms with Crippen molar-refractivity contribution in [2.75, 3.05) is 23.4 Å². The lowest BCUT2D eigenvalue weighted by Crippen LogP contribution is -2.32. The predicted molar refractivity (Wildman–Crippen MR) is 105 cm³/mol. The lowest BCUT2D eigenvalue weighted by molar-refractivity contribution is -0.137. The van der Waals surface area contributed by atoms with E-state index < -0.39 is 12.0 Å². The summed E-state index contributed by atoms with van der Waals surface area (Å²) >= 11 is 1.56. The average molecular weight is 349 g/mol. The topological polar surface area (TPSA) is 75.4 Å². The number of carboxylic acid groups (broad SMARTS) is 1. The molecule has 0 heterocycles. The molecular weight excluding hydrogens is 320 g/mol. The van der Waals surface area contributed by atoms with Gasteiger partial charge in [-0.3, -0.25) is 4.79 Å². The molecule has 1 aromatic carbocycles. The summed E-state index contributed by atoms with van der Waals surface area (Å²) in [7, 11) is 0. The summed E-state index contributed by atoms with van der Waals surface area (Å²) < 4.78 is 0. The van der Waals surface area contributed by atoms with Gasteiger partial charge in [0, 0.05) is 23.7 Å². The van der Waals surface area contributed by atoms with E-state index in [2.05, 4.69) is 43.4 Å². The number of nitrogens with two attached hydrogens (primary N) is 1. The number of benzene rings is 1. The van der Waals surface area contributed by atoms with Crippen molar-refractivity contribution < 1.29 is 9.90 Å². The molecule has 5 heteroatoms. The maximum absolute atomic E-state index is 10.6. The lowest BCUT2D eigenvalue weighted by Gasteiger charge is -2.07. The third kappa shape index (κ3) is 9.43. The number of hydrogen-bond acceptors (Lipinski definition) is 4. The van der Waals surface area contributed by atoms with Gasteiger partial charge in [-0.2, -0.15) is 11.8 Å². The number of anilines is 1. The van der Waals surface area contributed by atoms with E-state index >= 15 is 0 Å². The summed E-state index contributed by atoms with van der Waals surface area (Å²) in [6.07, 6.45) is 6.46. The molecule has 0 aliphatic rings.